The van der Waals surface area contributed by atoms with Crippen LogP contribution in [0.2, 0.25) is 5.02 Å². The van der Waals surface area contributed by atoms with E-state index < -0.39 is 12.0 Å². The molecule has 1 N–H and O–H groups in total. The number of tetrazole rings is 1. The van der Waals surface area contributed by atoms with Gasteiger partial charge in [-0.3, -0.25) is 0 Å². The Hall–Kier alpha value is -3.11. The van der Waals surface area contributed by atoms with E-state index in [1.165, 1.54) is 11.8 Å². The Morgan fingerprint density at radius 1 is 1.28 bits per heavy atom. The first-order valence-corrected chi connectivity index (χ1v) is 10.7. The summed E-state index contributed by atoms with van der Waals surface area (Å²) in [7, 11) is 2.87. The molecule has 2 heterocycles. The second-order valence-electron chi connectivity index (χ2n) is 6.92. The summed E-state index contributed by atoms with van der Waals surface area (Å²) in [6, 6.07) is 10.4. The van der Waals surface area contributed by atoms with Gasteiger partial charge in [0.2, 0.25) is 5.95 Å². The number of nitrogens with zero attached hydrogens (tertiary/aromatic N) is 4. The fourth-order valence-electron chi connectivity index (χ4n) is 3.50. The van der Waals surface area contributed by atoms with Gasteiger partial charge in [0.25, 0.3) is 0 Å². The molecule has 32 heavy (non-hydrogen) atoms. The minimum atomic E-state index is -0.628. The predicted octanol–water partition coefficient (Wildman–Crippen LogP) is 4.14. The highest BCUT2D eigenvalue weighted by Gasteiger charge is 2.35. The van der Waals surface area contributed by atoms with Crippen molar-refractivity contribution in [3.63, 3.8) is 0 Å². The first-order valence-electron chi connectivity index (χ1n) is 9.52. The Labute approximate surface area is 197 Å². The molecular formula is C21H19BrClN5O4. The third kappa shape index (κ3) is 4.03. The number of hydrogen-bond donors (Lipinski definition) is 1. The zero-order chi connectivity index (χ0) is 22.8. The first-order chi connectivity index (χ1) is 15.4. The Balaban J connectivity index is 1.75. The second kappa shape index (κ2) is 9.17. The molecule has 1 aliphatic heterocycles. The number of esters is 1. The van der Waals surface area contributed by atoms with Gasteiger partial charge in [0.05, 0.1) is 24.3 Å². The van der Waals surface area contributed by atoms with Crippen LogP contribution in [0.15, 0.2) is 52.1 Å². The lowest BCUT2D eigenvalue weighted by atomic mass is 9.95. The molecule has 9 nitrogen and oxygen atoms in total. The molecule has 0 aliphatic carbocycles. The van der Waals surface area contributed by atoms with Gasteiger partial charge in [-0.15, -0.1) is 0 Å². The van der Waals surface area contributed by atoms with Crippen molar-refractivity contribution in [3.8, 4) is 11.5 Å². The van der Waals surface area contributed by atoms with Crippen LogP contribution in [-0.4, -0.2) is 40.4 Å². The maximum Gasteiger partial charge on any atom is 0.338 e. The number of hydrogen-bond acceptors (Lipinski definition) is 8. The van der Waals surface area contributed by atoms with E-state index >= 15 is 0 Å². The van der Waals surface area contributed by atoms with Crippen molar-refractivity contribution >= 4 is 39.4 Å². The van der Waals surface area contributed by atoms with Crippen LogP contribution < -0.4 is 14.8 Å². The zero-order valence-electron chi connectivity index (χ0n) is 17.4. The number of benzene rings is 2. The van der Waals surface area contributed by atoms with Crippen LogP contribution in [0, 0.1) is 0 Å². The maximum absolute atomic E-state index is 12.6. The molecule has 1 aromatic heterocycles. The normalized spacial score (nSPS) is 15.1. The van der Waals surface area contributed by atoms with Gasteiger partial charge in [0.15, 0.2) is 11.5 Å². The summed E-state index contributed by atoms with van der Waals surface area (Å²) < 4.78 is 18.8. The second-order valence-corrected chi connectivity index (χ2v) is 8.18. The van der Waals surface area contributed by atoms with Crippen LogP contribution >= 0.6 is 27.5 Å². The quantitative estimate of drug-likeness (QED) is 0.484. The molecule has 0 fully saturated rings. The molecule has 3 aromatic rings. The molecule has 0 radical (unpaired) electrons. The minimum Gasteiger partial charge on any atom is -0.493 e. The molecule has 1 aliphatic rings. The fourth-order valence-corrected chi connectivity index (χ4v) is 4.26. The van der Waals surface area contributed by atoms with Crippen molar-refractivity contribution in [2.45, 2.75) is 19.6 Å². The molecule has 0 saturated carbocycles. The molecular weight excluding hydrogens is 502 g/mol. The van der Waals surface area contributed by atoms with Crippen LogP contribution in [0.25, 0.3) is 0 Å². The average Bonchev–Trinajstić information content (AvgIpc) is 3.25. The number of fused-ring (bicyclic) bond motifs is 1. The van der Waals surface area contributed by atoms with Crippen molar-refractivity contribution in [1.29, 1.82) is 0 Å². The number of carbonyl (C=O) groups excluding carboxylic acids is 1. The van der Waals surface area contributed by atoms with Gasteiger partial charge < -0.3 is 19.5 Å². The SMILES string of the molecule is COC(=O)C1=C(C)Nc2nnnn2C1c1cc(Br)c(OCc2ccccc2Cl)c(OC)c1. The molecule has 0 amide bonds. The Morgan fingerprint density at radius 2 is 2.06 bits per heavy atom. The lowest BCUT2D eigenvalue weighted by Gasteiger charge is -2.27. The van der Waals surface area contributed by atoms with E-state index in [0.717, 1.165) is 5.56 Å². The molecule has 0 saturated heterocycles. The van der Waals surface area contributed by atoms with E-state index in [-0.39, 0.29) is 6.61 Å². The number of anilines is 1. The van der Waals surface area contributed by atoms with Gasteiger partial charge in [-0.05, 0) is 57.0 Å². The summed E-state index contributed by atoms with van der Waals surface area (Å²) in [5, 5.41) is 15.4. The summed E-state index contributed by atoms with van der Waals surface area (Å²) in [4.78, 5) is 12.6. The fraction of sp³-hybridized carbons (Fsp3) is 0.238. The number of halogens is 2. The summed E-state index contributed by atoms with van der Waals surface area (Å²) in [5.41, 5.74) is 2.52. The minimum absolute atomic E-state index is 0.255. The molecule has 0 bridgehead atoms. The van der Waals surface area contributed by atoms with E-state index in [9.17, 15) is 4.79 Å². The highest BCUT2D eigenvalue weighted by Crippen LogP contribution is 2.43. The van der Waals surface area contributed by atoms with Gasteiger partial charge in [0, 0.05) is 16.3 Å². The Morgan fingerprint density at radius 3 is 2.78 bits per heavy atom. The largest absolute Gasteiger partial charge is 0.493 e. The lowest BCUT2D eigenvalue weighted by Crippen LogP contribution is -2.29. The van der Waals surface area contributed by atoms with Crippen molar-refractivity contribution in [2.24, 2.45) is 0 Å². The van der Waals surface area contributed by atoms with E-state index in [4.69, 9.17) is 25.8 Å². The monoisotopic (exact) mass is 519 g/mol. The predicted molar refractivity (Wildman–Crippen MR) is 121 cm³/mol. The van der Waals surface area contributed by atoms with Gasteiger partial charge in [0.1, 0.15) is 12.6 Å². The van der Waals surface area contributed by atoms with Gasteiger partial charge in [-0.25, -0.2) is 4.79 Å². The van der Waals surface area contributed by atoms with Crippen LogP contribution in [0.1, 0.15) is 24.1 Å². The van der Waals surface area contributed by atoms with Gasteiger partial charge in [-0.2, -0.15) is 4.68 Å². The number of carbonyl (C=O) groups is 1. The Bertz CT molecular complexity index is 1210. The van der Waals surface area contributed by atoms with Crippen molar-refractivity contribution in [2.75, 3.05) is 19.5 Å². The number of nitrogens with one attached hydrogen (secondary N) is 1. The first kappa shape index (κ1) is 22.1. The van der Waals surface area contributed by atoms with Crippen LogP contribution in [-0.2, 0) is 16.1 Å². The third-order valence-corrected chi connectivity index (χ3v) is 5.97. The molecule has 1 unspecified atom stereocenters. The van der Waals surface area contributed by atoms with Crippen molar-refractivity contribution in [3.05, 3.63) is 68.3 Å². The topological polar surface area (TPSA) is 100 Å². The number of rotatable bonds is 6. The van der Waals surface area contributed by atoms with E-state index in [0.29, 0.717) is 43.8 Å². The number of aromatic nitrogens is 4. The number of allylic oxidation sites excluding steroid dienone is 1. The zero-order valence-corrected chi connectivity index (χ0v) is 19.8. The highest BCUT2D eigenvalue weighted by molar-refractivity contribution is 9.10. The van der Waals surface area contributed by atoms with E-state index in [2.05, 4.69) is 36.8 Å². The van der Waals surface area contributed by atoms with Crippen LogP contribution in [0.4, 0.5) is 5.95 Å². The summed E-state index contributed by atoms with van der Waals surface area (Å²) in [5.74, 6) is 0.892. The number of methoxy groups -OCH3 is 2. The molecule has 11 heteroatoms. The smallest absolute Gasteiger partial charge is 0.338 e. The van der Waals surface area contributed by atoms with Gasteiger partial charge >= 0.3 is 5.97 Å². The van der Waals surface area contributed by atoms with Crippen LogP contribution in [0.3, 0.4) is 0 Å². The highest BCUT2D eigenvalue weighted by atomic mass is 79.9. The summed E-state index contributed by atoms with van der Waals surface area (Å²) >= 11 is 9.81. The third-order valence-electron chi connectivity index (χ3n) is 5.02. The maximum atomic E-state index is 12.6. The summed E-state index contributed by atoms with van der Waals surface area (Å²) in [6.45, 7) is 2.02. The lowest BCUT2D eigenvalue weighted by molar-refractivity contribution is -0.136. The van der Waals surface area contributed by atoms with Crippen molar-refractivity contribution in [1.82, 2.24) is 20.2 Å². The molecule has 0 spiro atoms. The van der Waals surface area contributed by atoms with Gasteiger partial charge in [-0.1, -0.05) is 34.9 Å². The van der Waals surface area contributed by atoms with Crippen LogP contribution in [0.5, 0.6) is 11.5 Å². The average molecular weight is 521 g/mol. The number of ether oxygens (including phenoxy) is 3. The molecule has 4 rings (SSSR count). The Kier molecular flexibility index (Phi) is 6.33. The molecule has 2 aromatic carbocycles. The standard InChI is InChI=1S/C21H19BrClN5O4/c1-11-17(20(29)31-3)18(28-21(24-11)25-26-27-28)13-8-14(22)19(16(9-13)30-2)32-10-12-6-4-5-7-15(12)23/h4-9,18H,10H2,1-3H3,(H,24,25,27). The summed E-state index contributed by atoms with van der Waals surface area (Å²) in [6.07, 6.45) is 0. The van der Waals surface area contributed by atoms with Crippen molar-refractivity contribution < 1.29 is 19.0 Å². The molecule has 166 valence electrons. The molecule has 1 atom stereocenters. The van der Waals surface area contributed by atoms with E-state index in [1.54, 1.807) is 26.2 Å². The van der Waals surface area contributed by atoms with E-state index in [1.807, 2.05) is 24.3 Å².